The van der Waals surface area contributed by atoms with Gasteiger partial charge < -0.3 is 5.32 Å². The van der Waals surface area contributed by atoms with Gasteiger partial charge in [-0.05, 0) is 32.7 Å². The van der Waals surface area contributed by atoms with Crippen LogP contribution in [0.25, 0.3) is 0 Å². The van der Waals surface area contributed by atoms with Gasteiger partial charge in [0.15, 0.2) is 0 Å². The summed E-state index contributed by atoms with van der Waals surface area (Å²) in [7, 11) is 1.99. The molecule has 2 rings (SSSR count). The molecule has 1 heterocycles. The van der Waals surface area contributed by atoms with Crippen LogP contribution in [0.2, 0.25) is 0 Å². The molecule has 3 nitrogen and oxygen atoms in total. The van der Waals surface area contributed by atoms with Gasteiger partial charge in [-0.1, -0.05) is 0 Å². The summed E-state index contributed by atoms with van der Waals surface area (Å²) in [5.74, 6) is 0.635. The molecule has 1 saturated heterocycles. The molecule has 0 aromatic rings. The number of likely N-dealkylation sites (N-methyl/N-ethyl adjacent to an activating group) is 1. The maximum absolute atomic E-state index is 9.18. The summed E-state index contributed by atoms with van der Waals surface area (Å²) in [4.78, 5) is 2.31. The molecule has 2 fully saturated rings. The standard InChI is InChI=1S/C10H17N3/c1-10(7-11,8-3-4-8)13-5-9(6-13)12-2/h8-9,12H,3-6H2,1-2H3/t10-/m0/s1. The van der Waals surface area contributed by atoms with Crippen molar-refractivity contribution >= 4 is 0 Å². The van der Waals surface area contributed by atoms with E-state index in [4.69, 9.17) is 0 Å². The number of hydrogen-bond donors (Lipinski definition) is 1. The van der Waals surface area contributed by atoms with Crippen LogP contribution in [0.4, 0.5) is 0 Å². The van der Waals surface area contributed by atoms with Gasteiger partial charge in [-0.15, -0.1) is 0 Å². The topological polar surface area (TPSA) is 39.1 Å². The summed E-state index contributed by atoms with van der Waals surface area (Å²) in [6.07, 6.45) is 2.48. The monoisotopic (exact) mass is 179 g/mol. The van der Waals surface area contributed by atoms with Crippen LogP contribution in [0.5, 0.6) is 0 Å². The highest BCUT2D eigenvalue weighted by molar-refractivity contribution is 5.16. The number of nitrogens with one attached hydrogen (secondary N) is 1. The first-order valence-electron chi connectivity index (χ1n) is 5.04. The molecule has 1 aliphatic heterocycles. The van der Waals surface area contributed by atoms with Crippen LogP contribution in [0.3, 0.4) is 0 Å². The molecule has 1 N–H and O–H groups in total. The minimum atomic E-state index is -0.173. The van der Waals surface area contributed by atoms with Crippen LogP contribution in [0, 0.1) is 17.2 Å². The van der Waals surface area contributed by atoms with Crippen molar-refractivity contribution in [2.24, 2.45) is 5.92 Å². The van der Waals surface area contributed by atoms with Gasteiger partial charge in [0, 0.05) is 19.1 Å². The normalized spacial score (nSPS) is 29.0. The first-order valence-corrected chi connectivity index (χ1v) is 5.04. The Kier molecular flexibility index (Phi) is 2.05. The molecule has 0 aromatic carbocycles. The van der Waals surface area contributed by atoms with E-state index in [1.807, 2.05) is 7.05 Å². The Labute approximate surface area is 79.7 Å². The number of rotatable bonds is 3. The second-order valence-corrected chi connectivity index (χ2v) is 4.42. The van der Waals surface area contributed by atoms with E-state index in [0.29, 0.717) is 12.0 Å². The average Bonchev–Trinajstić information content (AvgIpc) is 2.84. The molecule has 0 unspecified atom stereocenters. The van der Waals surface area contributed by atoms with E-state index in [9.17, 15) is 5.26 Å². The van der Waals surface area contributed by atoms with E-state index in [1.165, 1.54) is 12.8 Å². The van der Waals surface area contributed by atoms with E-state index in [1.54, 1.807) is 0 Å². The van der Waals surface area contributed by atoms with E-state index >= 15 is 0 Å². The minimum Gasteiger partial charge on any atom is -0.315 e. The Morgan fingerprint density at radius 3 is 2.46 bits per heavy atom. The Bertz CT molecular complexity index is 235. The SMILES string of the molecule is CNC1CN([C@@](C)(C#N)C2CC2)C1. The number of likely N-dealkylation sites (tertiary alicyclic amines) is 1. The predicted octanol–water partition coefficient (Wildman–Crippen LogP) is 0.582. The van der Waals surface area contributed by atoms with Crippen molar-refractivity contribution in [3.8, 4) is 6.07 Å². The van der Waals surface area contributed by atoms with Crippen LogP contribution in [0.15, 0.2) is 0 Å². The summed E-state index contributed by atoms with van der Waals surface area (Å²) in [5, 5.41) is 12.4. The van der Waals surface area contributed by atoms with Gasteiger partial charge in [0.25, 0.3) is 0 Å². The molecule has 3 heteroatoms. The fraction of sp³-hybridized carbons (Fsp3) is 0.900. The number of nitrogens with zero attached hydrogens (tertiary/aromatic N) is 2. The van der Waals surface area contributed by atoms with Gasteiger partial charge in [-0.3, -0.25) is 4.90 Å². The molecule has 0 bridgehead atoms. The number of nitriles is 1. The average molecular weight is 179 g/mol. The third-order valence-corrected chi connectivity index (χ3v) is 3.55. The third kappa shape index (κ3) is 1.34. The fourth-order valence-electron chi connectivity index (χ4n) is 2.11. The van der Waals surface area contributed by atoms with Crippen LogP contribution in [-0.4, -0.2) is 36.6 Å². The zero-order valence-corrected chi connectivity index (χ0v) is 8.38. The molecule has 1 atom stereocenters. The Morgan fingerprint density at radius 1 is 1.46 bits per heavy atom. The largest absolute Gasteiger partial charge is 0.315 e. The van der Waals surface area contributed by atoms with Crippen molar-refractivity contribution in [2.75, 3.05) is 20.1 Å². The molecule has 0 aromatic heterocycles. The smallest absolute Gasteiger partial charge is 0.109 e. The number of hydrogen-bond acceptors (Lipinski definition) is 3. The second kappa shape index (κ2) is 2.97. The Hall–Kier alpha value is -0.590. The maximum Gasteiger partial charge on any atom is 0.109 e. The second-order valence-electron chi connectivity index (χ2n) is 4.42. The highest BCUT2D eigenvalue weighted by Gasteiger charge is 2.49. The zero-order chi connectivity index (χ0) is 9.47. The lowest BCUT2D eigenvalue weighted by atomic mass is 9.90. The maximum atomic E-state index is 9.18. The third-order valence-electron chi connectivity index (χ3n) is 3.55. The van der Waals surface area contributed by atoms with Crippen molar-refractivity contribution in [3.63, 3.8) is 0 Å². The molecule has 0 radical (unpaired) electrons. The molecule has 2 aliphatic rings. The lowest BCUT2D eigenvalue weighted by Crippen LogP contribution is -2.65. The first kappa shape index (κ1) is 8.98. The van der Waals surface area contributed by atoms with Crippen LogP contribution in [-0.2, 0) is 0 Å². The molecule has 1 saturated carbocycles. The molecular weight excluding hydrogens is 162 g/mol. The van der Waals surface area contributed by atoms with Gasteiger partial charge in [-0.2, -0.15) is 5.26 Å². The molecule has 72 valence electrons. The summed E-state index contributed by atoms with van der Waals surface area (Å²) in [6.45, 7) is 4.17. The van der Waals surface area contributed by atoms with Crippen molar-refractivity contribution in [1.29, 1.82) is 5.26 Å². The fourth-order valence-corrected chi connectivity index (χ4v) is 2.11. The van der Waals surface area contributed by atoms with Crippen molar-refractivity contribution in [2.45, 2.75) is 31.3 Å². The van der Waals surface area contributed by atoms with Crippen LogP contribution in [0.1, 0.15) is 19.8 Å². The van der Waals surface area contributed by atoms with Crippen molar-refractivity contribution < 1.29 is 0 Å². The van der Waals surface area contributed by atoms with Gasteiger partial charge in [-0.25, -0.2) is 0 Å². The highest BCUT2D eigenvalue weighted by Crippen LogP contribution is 2.44. The van der Waals surface area contributed by atoms with Gasteiger partial charge in [0.1, 0.15) is 5.54 Å². The molecule has 0 amide bonds. The summed E-state index contributed by atoms with van der Waals surface area (Å²) in [6, 6.07) is 3.09. The van der Waals surface area contributed by atoms with Crippen molar-refractivity contribution in [3.05, 3.63) is 0 Å². The van der Waals surface area contributed by atoms with Gasteiger partial charge >= 0.3 is 0 Å². The highest BCUT2D eigenvalue weighted by atomic mass is 15.3. The first-order chi connectivity index (χ1) is 6.20. The van der Waals surface area contributed by atoms with Crippen LogP contribution < -0.4 is 5.32 Å². The van der Waals surface area contributed by atoms with Gasteiger partial charge in [0.05, 0.1) is 6.07 Å². The predicted molar refractivity (Wildman–Crippen MR) is 51.2 cm³/mol. The minimum absolute atomic E-state index is 0.173. The Balaban J connectivity index is 1.96. The van der Waals surface area contributed by atoms with Crippen LogP contribution >= 0.6 is 0 Å². The summed E-state index contributed by atoms with van der Waals surface area (Å²) >= 11 is 0. The summed E-state index contributed by atoms with van der Waals surface area (Å²) < 4.78 is 0. The molecule has 13 heavy (non-hydrogen) atoms. The summed E-state index contributed by atoms with van der Waals surface area (Å²) in [5.41, 5.74) is -0.173. The lowest BCUT2D eigenvalue weighted by molar-refractivity contribution is 0.0360. The van der Waals surface area contributed by atoms with E-state index < -0.39 is 0 Å². The van der Waals surface area contributed by atoms with E-state index in [2.05, 4.69) is 23.2 Å². The quantitative estimate of drug-likeness (QED) is 0.689. The van der Waals surface area contributed by atoms with Gasteiger partial charge in [0.2, 0.25) is 0 Å². The molecule has 0 spiro atoms. The van der Waals surface area contributed by atoms with E-state index in [-0.39, 0.29) is 5.54 Å². The molecule has 1 aliphatic carbocycles. The van der Waals surface area contributed by atoms with E-state index in [0.717, 1.165) is 13.1 Å². The zero-order valence-electron chi connectivity index (χ0n) is 8.38. The van der Waals surface area contributed by atoms with Crippen molar-refractivity contribution in [1.82, 2.24) is 10.2 Å². The Morgan fingerprint density at radius 2 is 2.08 bits per heavy atom. The molecular formula is C10H17N3. The lowest BCUT2D eigenvalue weighted by Gasteiger charge is -2.47.